The molecule has 0 bridgehead atoms. The average molecular weight is 353 g/mol. The van der Waals surface area contributed by atoms with Crippen molar-refractivity contribution in [2.24, 2.45) is 5.92 Å². The number of hydrogen-bond acceptors (Lipinski definition) is 7. The minimum absolute atomic E-state index is 0.0342. The summed E-state index contributed by atoms with van der Waals surface area (Å²) in [7, 11) is 1.49. The number of aromatic amines is 1. The van der Waals surface area contributed by atoms with Crippen LogP contribution in [0.1, 0.15) is 20.8 Å². The second-order valence-corrected chi connectivity index (χ2v) is 5.97. The first-order valence-electron chi connectivity index (χ1n) is 7.88. The maximum atomic E-state index is 12.1. The first-order valence-corrected chi connectivity index (χ1v) is 7.88. The number of aromatic nitrogens is 4. The molecule has 2 rings (SSSR count). The summed E-state index contributed by atoms with van der Waals surface area (Å²) in [6.07, 6.45) is 0.146. The van der Waals surface area contributed by atoms with Crippen LogP contribution in [-0.2, 0) is 21.0 Å². The zero-order valence-corrected chi connectivity index (χ0v) is 14.6. The predicted octanol–water partition coefficient (Wildman–Crippen LogP) is 0.0840. The highest BCUT2D eigenvalue weighted by molar-refractivity contribution is 5.91. The SMILES string of the molecule is COC[C@@H](O)[C@@H](C)OCn1cnc2c(=O)[nH]c(NC(=O)C(C)C)nc21. The number of carbonyl (C=O) groups excluding carboxylic acids is 1. The van der Waals surface area contributed by atoms with Gasteiger partial charge in [-0.15, -0.1) is 0 Å². The standard InChI is InChI=1S/C15H23N5O5/c1-8(2)13(22)18-15-17-12-11(14(23)19-15)16-6-20(12)7-25-9(3)10(21)5-24-4/h6,8-10,21H,5,7H2,1-4H3,(H2,17,18,19,22,23)/t9-,10-/m1/s1. The molecule has 0 radical (unpaired) electrons. The van der Waals surface area contributed by atoms with Crippen molar-refractivity contribution >= 4 is 23.0 Å². The summed E-state index contributed by atoms with van der Waals surface area (Å²) in [4.78, 5) is 34.6. The molecule has 0 aromatic carbocycles. The molecule has 0 unspecified atom stereocenters. The van der Waals surface area contributed by atoms with Crippen molar-refractivity contribution < 1.29 is 19.4 Å². The van der Waals surface area contributed by atoms with Gasteiger partial charge in [0.15, 0.2) is 11.2 Å². The summed E-state index contributed by atoms with van der Waals surface area (Å²) in [5.41, 5.74) is -0.0530. The number of hydrogen-bond donors (Lipinski definition) is 3. The lowest BCUT2D eigenvalue weighted by molar-refractivity contribution is -0.118. The Morgan fingerprint density at radius 3 is 2.80 bits per heavy atom. The molecule has 2 atom stereocenters. The number of aliphatic hydroxyl groups excluding tert-OH is 1. The van der Waals surface area contributed by atoms with E-state index >= 15 is 0 Å². The van der Waals surface area contributed by atoms with Crippen LogP contribution in [0.25, 0.3) is 11.2 Å². The third kappa shape index (κ3) is 4.62. The van der Waals surface area contributed by atoms with Crippen molar-refractivity contribution in [3.63, 3.8) is 0 Å². The van der Waals surface area contributed by atoms with Crippen LogP contribution in [0.3, 0.4) is 0 Å². The van der Waals surface area contributed by atoms with Crippen LogP contribution in [0.4, 0.5) is 5.95 Å². The number of imidazole rings is 1. The van der Waals surface area contributed by atoms with Crippen LogP contribution < -0.4 is 10.9 Å². The van der Waals surface area contributed by atoms with Gasteiger partial charge in [0, 0.05) is 13.0 Å². The fraction of sp³-hybridized carbons (Fsp3) is 0.600. The Kier molecular flexibility index (Phi) is 6.23. The minimum Gasteiger partial charge on any atom is -0.388 e. The van der Waals surface area contributed by atoms with Gasteiger partial charge in [0.05, 0.1) is 19.0 Å². The second-order valence-electron chi connectivity index (χ2n) is 5.97. The molecule has 10 heteroatoms. The topological polar surface area (TPSA) is 131 Å². The Morgan fingerprint density at radius 2 is 2.16 bits per heavy atom. The third-order valence-corrected chi connectivity index (χ3v) is 3.60. The second kappa shape index (κ2) is 8.19. The quantitative estimate of drug-likeness (QED) is 0.612. The monoisotopic (exact) mass is 353 g/mol. The van der Waals surface area contributed by atoms with Gasteiger partial charge >= 0.3 is 0 Å². The highest BCUT2D eigenvalue weighted by Crippen LogP contribution is 2.10. The van der Waals surface area contributed by atoms with E-state index in [-0.39, 0.29) is 42.3 Å². The molecule has 2 heterocycles. The molecule has 25 heavy (non-hydrogen) atoms. The number of amides is 1. The van der Waals surface area contributed by atoms with Gasteiger partial charge in [-0.05, 0) is 6.92 Å². The maximum Gasteiger partial charge on any atom is 0.280 e. The molecule has 1 amide bonds. The molecule has 10 nitrogen and oxygen atoms in total. The van der Waals surface area contributed by atoms with Crippen LogP contribution >= 0.6 is 0 Å². The number of aliphatic hydroxyl groups is 1. The molecule has 0 saturated carbocycles. The summed E-state index contributed by atoms with van der Waals surface area (Å²) in [5, 5.41) is 12.4. The zero-order valence-electron chi connectivity index (χ0n) is 14.6. The number of H-pyrrole nitrogens is 1. The maximum absolute atomic E-state index is 12.1. The van der Waals surface area contributed by atoms with Gasteiger partial charge in [-0.2, -0.15) is 4.98 Å². The van der Waals surface area contributed by atoms with Gasteiger partial charge in [-0.25, -0.2) is 4.98 Å². The predicted molar refractivity (Wildman–Crippen MR) is 90.0 cm³/mol. The van der Waals surface area contributed by atoms with Gasteiger partial charge in [0.25, 0.3) is 5.56 Å². The Hall–Kier alpha value is -2.30. The number of rotatable bonds is 8. The van der Waals surface area contributed by atoms with Gasteiger partial charge in [-0.1, -0.05) is 13.8 Å². The minimum atomic E-state index is -0.781. The average Bonchev–Trinajstić information content (AvgIpc) is 2.96. The number of carbonyl (C=O) groups is 1. The molecule has 2 aromatic rings. The number of ether oxygens (including phenoxy) is 2. The van der Waals surface area contributed by atoms with Crippen molar-refractivity contribution in [2.45, 2.75) is 39.7 Å². The van der Waals surface area contributed by atoms with E-state index in [1.165, 1.54) is 18.0 Å². The molecular formula is C15H23N5O5. The van der Waals surface area contributed by atoms with Crippen LogP contribution in [0, 0.1) is 5.92 Å². The molecule has 0 spiro atoms. The summed E-state index contributed by atoms with van der Waals surface area (Å²) in [6.45, 7) is 5.35. The fourth-order valence-corrected chi connectivity index (χ4v) is 1.98. The Labute approximate surface area is 144 Å². The van der Waals surface area contributed by atoms with Gasteiger partial charge in [0.2, 0.25) is 11.9 Å². The third-order valence-electron chi connectivity index (χ3n) is 3.60. The number of nitrogens with one attached hydrogen (secondary N) is 2. The molecule has 2 aromatic heterocycles. The van der Waals surface area contributed by atoms with E-state index in [2.05, 4.69) is 20.3 Å². The van der Waals surface area contributed by atoms with Gasteiger partial charge < -0.3 is 14.6 Å². The fourth-order valence-electron chi connectivity index (χ4n) is 1.98. The number of anilines is 1. The van der Waals surface area contributed by atoms with Crippen molar-refractivity contribution in [1.82, 2.24) is 19.5 Å². The van der Waals surface area contributed by atoms with E-state index in [1.54, 1.807) is 20.8 Å². The summed E-state index contributed by atoms with van der Waals surface area (Å²) >= 11 is 0. The Morgan fingerprint density at radius 1 is 1.44 bits per heavy atom. The molecule has 138 valence electrons. The number of nitrogens with zero attached hydrogens (tertiary/aromatic N) is 3. The molecule has 0 aliphatic rings. The van der Waals surface area contributed by atoms with Crippen LogP contribution in [0.15, 0.2) is 11.1 Å². The lowest BCUT2D eigenvalue weighted by atomic mass is 10.2. The smallest absolute Gasteiger partial charge is 0.280 e. The highest BCUT2D eigenvalue weighted by atomic mass is 16.5. The zero-order chi connectivity index (χ0) is 18.6. The molecule has 0 aliphatic heterocycles. The number of methoxy groups -OCH3 is 1. The van der Waals surface area contributed by atoms with E-state index in [4.69, 9.17) is 9.47 Å². The first-order chi connectivity index (χ1) is 11.8. The normalized spacial score (nSPS) is 14.0. The lowest BCUT2D eigenvalue weighted by Crippen LogP contribution is -2.30. The van der Waals surface area contributed by atoms with Crippen LogP contribution in [0.5, 0.6) is 0 Å². The van der Waals surface area contributed by atoms with Crippen molar-refractivity contribution in [1.29, 1.82) is 0 Å². The van der Waals surface area contributed by atoms with Crippen molar-refractivity contribution in [2.75, 3.05) is 19.0 Å². The van der Waals surface area contributed by atoms with E-state index in [0.29, 0.717) is 0 Å². The summed E-state index contributed by atoms with van der Waals surface area (Å²) in [6, 6.07) is 0. The van der Waals surface area contributed by atoms with Gasteiger partial charge in [-0.3, -0.25) is 24.5 Å². The molecular weight excluding hydrogens is 330 g/mol. The molecule has 0 fully saturated rings. The van der Waals surface area contributed by atoms with Crippen molar-refractivity contribution in [3.05, 3.63) is 16.7 Å². The Bertz CT molecular complexity index is 784. The first kappa shape index (κ1) is 19.0. The van der Waals surface area contributed by atoms with Crippen molar-refractivity contribution in [3.8, 4) is 0 Å². The molecule has 0 saturated heterocycles. The molecule has 3 N–H and O–H groups in total. The molecule has 0 aliphatic carbocycles. The summed E-state index contributed by atoms with van der Waals surface area (Å²) in [5.74, 6) is -0.469. The lowest BCUT2D eigenvalue weighted by Gasteiger charge is -2.19. The highest BCUT2D eigenvalue weighted by Gasteiger charge is 2.17. The van der Waals surface area contributed by atoms with E-state index in [0.717, 1.165) is 0 Å². The number of fused-ring (bicyclic) bond motifs is 1. The summed E-state index contributed by atoms with van der Waals surface area (Å²) < 4.78 is 12.0. The van der Waals surface area contributed by atoms with E-state index in [9.17, 15) is 14.7 Å². The van der Waals surface area contributed by atoms with E-state index < -0.39 is 17.8 Å². The van der Waals surface area contributed by atoms with Gasteiger partial charge in [0.1, 0.15) is 12.8 Å². The largest absolute Gasteiger partial charge is 0.388 e. The van der Waals surface area contributed by atoms with Crippen LogP contribution in [-0.4, -0.2) is 56.5 Å². The van der Waals surface area contributed by atoms with Crippen LogP contribution in [0.2, 0.25) is 0 Å². The van der Waals surface area contributed by atoms with E-state index in [1.807, 2.05) is 0 Å². The Balaban J connectivity index is 2.19.